The summed E-state index contributed by atoms with van der Waals surface area (Å²) in [5.41, 5.74) is 4.76. The largest absolute Gasteiger partial charge is 0.454 e. The van der Waals surface area contributed by atoms with Crippen LogP contribution in [0.15, 0.2) is 46.8 Å². The van der Waals surface area contributed by atoms with Gasteiger partial charge in [0.2, 0.25) is 6.79 Å². The third-order valence-corrected chi connectivity index (χ3v) is 7.72. The molecule has 0 unspecified atom stereocenters. The van der Waals surface area contributed by atoms with Crippen molar-refractivity contribution in [2.24, 2.45) is 0 Å². The summed E-state index contributed by atoms with van der Waals surface area (Å²) in [5.74, 6) is 1.99. The van der Waals surface area contributed by atoms with E-state index in [1.54, 1.807) is 11.3 Å². The molecular weight excluding hydrogens is 452 g/mol. The Labute approximate surface area is 193 Å². The highest BCUT2D eigenvalue weighted by atomic mass is 35.5. The molecule has 0 fully saturated rings. The van der Waals surface area contributed by atoms with Crippen LogP contribution in [0.1, 0.15) is 27.3 Å². The number of thioether (sulfide) groups is 1. The molecule has 0 amide bonds. The molecule has 8 heteroatoms. The van der Waals surface area contributed by atoms with Gasteiger partial charge >= 0.3 is 0 Å². The lowest BCUT2D eigenvalue weighted by atomic mass is 10.1. The number of thiazole rings is 1. The number of ether oxygens (including phenoxy) is 2. The first-order valence-electron chi connectivity index (χ1n) is 9.75. The van der Waals surface area contributed by atoms with Crippen LogP contribution in [0.25, 0.3) is 10.2 Å². The lowest BCUT2D eigenvalue weighted by Gasteiger charge is -2.10. The van der Waals surface area contributed by atoms with Crippen molar-refractivity contribution in [3.8, 4) is 11.5 Å². The van der Waals surface area contributed by atoms with Gasteiger partial charge < -0.3 is 14.0 Å². The Kier molecular flexibility index (Phi) is 5.42. The van der Waals surface area contributed by atoms with Gasteiger partial charge in [0.15, 0.2) is 21.6 Å². The first kappa shape index (κ1) is 20.4. The Balaban J connectivity index is 1.31. The molecule has 2 aromatic carbocycles. The molecule has 0 aliphatic carbocycles. The van der Waals surface area contributed by atoms with Gasteiger partial charge in [-0.05, 0) is 55.8 Å². The number of nitrogens with zero attached hydrogens (tertiary/aromatic N) is 2. The van der Waals surface area contributed by atoms with Crippen molar-refractivity contribution in [2.75, 3.05) is 12.5 Å². The summed E-state index contributed by atoms with van der Waals surface area (Å²) in [5, 5.41) is 0.667. The minimum atomic E-state index is 0.104. The molecule has 0 N–H and O–H groups in total. The van der Waals surface area contributed by atoms with E-state index in [2.05, 4.69) is 9.55 Å². The van der Waals surface area contributed by atoms with Crippen molar-refractivity contribution in [2.45, 2.75) is 24.7 Å². The number of aryl methyl sites for hydroxylation is 1. The molecular formula is C23H19ClN2O3S2. The summed E-state index contributed by atoms with van der Waals surface area (Å²) < 4.78 is 15.0. The second-order valence-electron chi connectivity index (χ2n) is 7.36. The Hall–Kier alpha value is -2.48. The second kappa shape index (κ2) is 8.22. The molecule has 2 aromatic heterocycles. The van der Waals surface area contributed by atoms with E-state index in [-0.39, 0.29) is 12.6 Å². The molecule has 0 radical (unpaired) electrons. The van der Waals surface area contributed by atoms with E-state index in [0.717, 1.165) is 48.6 Å². The number of carbonyl (C=O) groups is 1. The molecule has 1 aliphatic rings. The minimum absolute atomic E-state index is 0.104. The molecule has 1 aliphatic heterocycles. The predicted molar refractivity (Wildman–Crippen MR) is 125 cm³/mol. The topological polar surface area (TPSA) is 53.4 Å². The Morgan fingerprint density at radius 1 is 1.16 bits per heavy atom. The fourth-order valence-electron chi connectivity index (χ4n) is 3.69. The van der Waals surface area contributed by atoms with Gasteiger partial charge in [-0.25, -0.2) is 4.98 Å². The summed E-state index contributed by atoms with van der Waals surface area (Å²) in [4.78, 5) is 17.6. The Morgan fingerprint density at radius 2 is 2.00 bits per heavy atom. The number of fused-ring (bicyclic) bond motifs is 2. The number of hydrogen-bond donors (Lipinski definition) is 0. The molecule has 5 nitrogen and oxygen atoms in total. The number of benzene rings is 2. The van der Waals surface area contributed by atoms with E-state index < -0.39 is 0 Å². The summed E-state index contributed by atoms with van der Waals surface area (Å²) in [6.45, 7) is 4.96. The fourth-order valence-corrected chi connectivity index (χ4v) is 5.79. The highest BCUT2D eigenvalue weighted by molar-refractivity contribution is 8.01. The maximum absolute atomic E-state index is 13.0. The van der Waals surface area contributed by atoms with Crippen molar-refractivity contribution in [1.82, 2.24) is 9.55 Å². The van der Waals surface area contributed by atoms with Gasteiger partial charge in [0.1, 0.15) is 0 Å². The molecule has 3 heterocycles. The van der Waals surface area contributed by atoms with Gasteiger partial charge in [-0.3, -0.25) is 4.79 Å². The normalized spacial score (nSPS) is 12.6. The van der Waals surface area contributed by atoms with Crippen LogP contribution < -0.4 is 9.47 Å². The van der Waals surface area contributed by atoms with Crippen LogP contribution >= 0.6 is 34.7 Å². The summed E-state index contributed by atoms with van der Waals surface area (Å²) in [6.07, 6.45) is 0. The molecule has 0 saturated carbocycles. The van der Waals surface area contributed by atoms with Gasteiger partial charge in [0.05, 0.1) is 16.0 Å². The highest BCUT2D eigenvalue weighted by Gasteiger charge is 2.18. The van der Waals surface area contributed by atoms with Crippen LogP contribution in [0.2, 0.25) is 5.02 Å². The number of aromatic nitrogens is 2. The van der Waals surface area contributed by atoms with Gasteiger partial charge in [-0.15, -0.1) is 11.3 Å². The van der Waals surface area contributed by atoms with Gasteiger partial charge in [0, 0.05) is 28.5 Å². The van der Waals surface area contributed by atoms with Crippen LogP contribution in [0.5, 0.6) is 11.5 Å². The molecule has 0 saturated heterocycles. The number of carbonyl (C=O) groups excluding carboxylic acids is 1. The number of halogens is 1. The van der Waals surface area contributed by atoms with Crippen molar-refractivity contribution in [1.29, 1.82) is 0 Å². The number of ketones is 1. The average Bonchev–Trinajstić information content (AvgIpc) is 3.45. The smallest absolute Gasteiger partial charge is 0.231 e. The standard InChI is InChI=1S/C23H19ClN2O3S2/c1-13-7-17(14(2)26(13)10-15-3-5-20-21(8-15)29-12-28-20)19(27)11-30-23-25-18-9-16(24)4-6-22(18)31-23/h3-9H,10-12H2,1-2H3. The third-order valence-electron chi connectivity index (χ3n) is 5.31. The first-order chi connectivity index (χ1) is 15.0. The molecule has 0 bridgehead atoms. The zero-order valence-electron chi connectivity index (χ0n) is 17.0. The Morgan fingerprint density at radius 3 is 2.87 bits per heavy atom. The zero-order chi connectivity index (χ0) is 21.5. The van der Waals surface area contributed by atoms with E-state index in [1.807, 2.05) is 56.3 Å². The van der Waals surface area contributed by atoms with Crippen LogP contribution in [-0.2, 0) is 6.54 Å². The number of rotatable bonds is 6. The van der Waals surface area contributed by atoms with Crippen LogP contribution in [0, 0.1) is 13.8 Å². The van der Waals surface area contributed by atoms with Crippen LogP contribution in [-0.4, -0.2) is 27.9 Å². The number of hydrogen-bond acceptors (Lipinski definition) is 6. The van der Waals surface area contributed by atoms with Crippen LogP contribution in [0.4, 0.5) is 0 Å². The molecule has 31 heavy (non-hydrogen) atoms. The highest BCUT2D eigenvalue weighted by Crippen LogP contribution is 2.34. The van der Waals surface area contributed by atoms with Crippen molar-refractivity contribution < 1.29 is 14.3 Å². The Bertz CT molecular complexity index is 1310. The van der Waals surface area contributed by atoms with Gasteiger partial charge in [-0.2, -0.15) is 0 Å². The predicted octanol–water partition coefficient (Wildman–Crippen LogP) is 6.12. The second-order valence-corrected chi connectivity index (χ2v) is 10.1. The van der Waals surface area contributed by atoms with E-state index in [9.17, 15) is 4.79 Å². The van der Waals surface area contributed by atoms with E-state index in [1.165, 1.54) is 11.8 Å². The lowest BCUT2D eigenvalue weighted by Crippen LogP contribution is -2.07. The molecule has 158 valence electrons. The number of Topliss-reactive ketones (excluding diaryl/α,β-unsaturated/α-hetero) is 1. The van der Waals surface area contributed by atoms with E-state index in [0.29, 0.717) is 17.3 Å². The quantitative estimate of drug-likeness (QED) is 0.251. The maximum Gasteiger partial charge on any atom is 0.231 e. The molecule has 5 rings (SSSR count). The summed E-state index contributed by atoms with van der Waals surface area (Å²) >= 11 is 9.10. The monoisotopic (exact) mass is 470 g/mol. The zero-order valence-corrected chi connectivity index (χ0v) is 19.4. The third kappa shape index (κ3) is 4.05. The minimum Gasteiger partial charge on any atom is -0.454 e. The molecule has 0 atom stereocenters. The van der Waals surface area contributed by atoms with E-state index >= 15 is 0 Å². The molecule has 4 aromatic rings. The van der Waals surface area contributed by atoms with Crippen molar-refractivity contribution in [3.63, 3.8) is 0 Å². The lowest BCUT2D eigenvalue weighted by molar-refractivity contribution is 0.102. The summed E-state index contributed by atoms with van der Waals surface area (Å²) in [7, 11) is 0. The SMILES string of the molecule is Cc1cc(C(=O)CSc2nc3cc(Cl)ccc3s2)c(C)n1Cc1ccc2c(c1)OCO2. The summed E-state index contributed by atoms with van der Waals surface area (Å²) in [6, 6.07) is 13.6. The van der Waals surface area contributed by atoms with Gasteiger partial charge in [-0.1, -0.05) is 29.4 Å². The van der Waals surface area contributed by atoms with E-state index in [4.69, 9.17) is 21.1 Å². The maximum atomic E-state index is 13.0. The van der Waals surface area contributed by atoms with Crippen molar-refractivity contribution in [3.05, 3.63) is 70.0 Å². The fraction of sp³-hybridized carbons (Fsp3) is 0.217. The first-order valence-corrected chi connectivity index (χ1v) is 11.9. The van der Waals surface area contributed by atoms with Crippen molar-refractivity contribution >= 4 is 50.7 Å². The van der Waals surface area contributed by atoms with Gasteiger partial charge in [0.25, 0.3) is 0 Å². The van der Waals surface area contributed by atoms with Crippen LogP contribution in [0.3, 0.4) is 0 Å². The molecule has 0 spiro atoms. The average molecular weight is 471 g/mol.